The second kappa shape index (κ2) is 16.1. The van der Waals surface area contributed by atoms with E-state index in [1.54, 1.807) is 6.07 Å². The number of furan rings is 1. The number of rotatable bonds is 1. The van der Waals surface area contributed by atoms with Gasteiger partial charge in [-0.3, -0.25) is 0 Å². The Kier molecular flexibility index (Phi) is 14.8. The maximum absolute atomic E-state index is 13.6. The van der Waals surface area contributed by atoms with E-state index in [1.807, 2.05) is 90.1 Å². The first-order valence-electron chi connectivity index (χ1n) is 11.5. The third kappa shape index (κ3) is 9.83. The van der Waals surface area contributed by atoms with E-state index in [0.29, 0.717) is 0 Å². The maximum atomic E-state index is 13.6. The maximum Gasteiger partial charge on any atom is 0.134 e. The molecule has 0 saturated heterocycles. The van der Waals surface area contributed by atoms with Crippen molar-refractivity contribution in [1.29, 1.82) is 0 Å². The van der Waals surface area contributed by atoms with Crippen molar-refractivity contribution in [2.24, 2.45) is 0 Å². The van der Waals surface area contributed by atoms with Gasteiger partial charge in [0.25, 0.3) is 0 Å². The molecule has 0 spiro atoms. The third-order valence-corrected chi connectivity index (χ3v) is 4.06. The Hall–Kier alpha value is -2.61. The Bertz CT molecular complexity index is 911. The Morgan fingerprint density at radius 3 is 1.97 bits per heavy atom. The molecule has 1 heterocycles. The van der Waals surface area contributed by atoms with Gasteiger partial charge >= 0.3 is 0 Å². The quantitative estimate of drug-likeness (QED) is 0.379. The van der Waals surface area contributed by atoms with E-state index >= 15 is 0 Å². The van der Waals surface area contributed by atoms with Crippen LogP contribution in [0.3, 0.4) is 0 Å². The fraction of sp³-hybridized carbons (Fsp3) is 0.379. The van der Waals surface area contributed by atoms with Gasteiger partial charge in [0.05, 0.1) is 0 Å². The summed E-state index contributed by atoms with van der Waals surface area (Å²) in [7, 11) is 0. The number of aryl methyl sites for hydroxylation is 2. The number of benzene rings is 2. The van der Waals surface area contributed by atoms with E-state index < -0.39 is 0 Å². The molecular weight excluding hydrogens is 383 g/mol. The second-order valence-corrected chi connectivity index (χ2v) is 6.97. The van der Waals surface area contributed by atoms with Crippen LogP contribution in [-0.2, 0) is 0 Å². The molecule has 170 valence electrons. The predicted molar refractivity (Wildman–Crippen MR) is 137 cm³/mol. The lowest BCUT2D eigenvalue weighted by Crippen LogP contribution is -1.89. The zero-order valence-corrected chi connectivity index (χ0v) is 21.0. The molecule has 0 aliphatic heterocycles. The summed E-state index contributed by atoms with van der Waals surface area (Å²) < 4.78 is 18.9. The summed E-state index contributed by atoms with van der Waals surface area (Å²) in [5, 5.41) is 1.18. The molecule has 4 rings (SSSR count). The molecule has 0 bridgehead atoms. The second-order valence-electron chi connectivity index (χ2n) is 6.97. The van der Waals surface area contributed by atoms with Crippen LogP contribution < -0.4 is 0 Å². The first kappa shape index (κ1) is 28.4. The van der Waals surface area contributed by atoms with Gasteiger partial charge < -0.3 is 4.42 Å². The molecule has 3 aromatic rings. The van der Waals surface area contributed by atoms with Gasteiger partial charge in [0.15, 0.2) is 0 Å². The van der Waals surface area contributed by atoms with Crippen molar-refractivity contribution in [3.05, 3.63) is 89.0 Å². The number of para-hydroxylation sites is 1. The fourth-order valence-electron chi connectivity index (χ4n) is 2.84. The van der Waals surface area contributed by atoms with Crippen LogP contribution in [0.1, 0.15) is 78.2 Å². The topological polar surface area (TPSA) is 13.1 Å². The van der Waals surface area contributed by atoms with Crippen LogP contribution in [0.15, 0.2) is 70.7 Å². The molecule has 2 heteroatoms. The summed E-state index contributed by atoms with van der Waals surface area (Å²) in [5.41, 5.74) is 5.05. The van der Waals surface area contributed by atoms with Gasteiger partial charge in [-0.15, -0.1) is 0 Å². The highest BCUT2D eigenvalue weighted by atomic mass is 19.1. The molecule has 0 fully saturated rings. The van der Waals surface area contributed by atoms with Crippen LogP contribution in [0, 0.1) is 19.7 Å². The van der Waals surface area contributed by atoms with Gasteiger partial charge in [-0.2, -0.15) is 0 Å². The Morgan fingerprint density at radius 1 is 0.839 bits per heavy atom. The molecular formula is C29H41FO. The van der Waals surface area contributed by atoms with E-state index in [1.165, 1.54) is 17.4 Å². The van der Waals surface area contributed by atoms with E-state index in [0.717, 1.165) is 34.5 Å². The first-order chi connectivity index (χ1) is 14.9. The minimum Gasteiger partial charge on any atom is -0.461 e. The van der Waals surface area contributed by atoms with Gasteiger partial charge in [0.1, 0.15) is 17.2 Å². The van der Waals surface area contributed by atoms with E-state index in [2.05, 4.69) is 26.8 Å². The summed E-state index contributed by atoms with van der Waals surface area (Å²) in [6.45, 7) is 18.2. The van der Waals surface area contributed by atoms with Gasteiger partial charge in [-0.25, -0.2) is 4.39 Å². The van der Waals surface area contributed by atoms with Crippen LogP contribution in [0.4, 0.5) is 4.39 Å². The molecule has 1 aliphatic carbocycles. The van der Waals surface area contributed by atoms with Gasteiger partial charge in [0, 0.05) is 10.9 Å². The number of fused-ring (bicyclic) bond motifs is 1. The van der Waals surface area contributed by atoms with Crippen molar-refractivity contribution < 1.29 is 8.81 Å². The van der Waals surface area contributed by atoms with Crippen molar-refractivity contribution in [3.8, 4) is 0 Å². The van der Waals surface area contributed by atoms with Crippen LogP contribution in [0.5, 0.6) is 0 Å². The smallest absolute Gasteiger partial charge is 0.134 e. The SMILES string of the molecule is CC.CC.CC1=CC=C(c2ccc(C)cc2F)C1.CCC.Cc1cc2ccccc2o1. The molecule has 0 unspecified atom stereocenters. The molecule has 1 aliphatic rings. The van der Waals surface area contributed by atoms with Gasteiger partial charge in [0.2, 0.25) is 0 Å². The van der Waals surface area contributed by atoms with Crippen molar-refractivity contribution in [2.75, 3.05) is 0 Å². The molecule has 1 nitrogen and oxygen atoms in total. The summed E-state index contributed by atoms with van der Waals surface area (Å²) in [6.07, 6.45) is 6.18. The Labute approximate surface area is 189 Å². The minimum atomic E-state index is -0.112. The summed E-state index contributed by atoms with van der Waals surface area (Å²) in [4.78, 5) is 0. The van der Waals surface area contributed by atoms with Crippen molar-refractivity contribution >= 4 is 16.5 Å². The normalized spacial score (nSPS) is 11.3. The largest absolute Gasteiger partial charge is 0.461 e. The molecule has 0 saturated carbocycles. The highest BCUT2D eigenvalue weighted by Crippen LogP contribution is 2.29. The predicted octanol–water partition coefficient (Wildman–Crippen LogP) is 10.1. The average molecular weight is 425 g/mol. The Balaban J connectivity index is 0.000000464. The average Bonchev–Trinajstić information content (AvgIpc) is 3.36. The lowest BCUT2D eigenvalue weighted by molar-refractivity contribution is 0.578. The van der Waals surface area contributed by atoms with E-state index in [-0.39, 0.29) is 5.82 Å². The summed E-state index contributed by atoms with van der Waals surface area (Å²) in [5.74, 6) is 0.862. The van der Waals surface area contributed by atoms with Crippen LogP contribution in [0.2, 0.25) is 0 Å². The highest BCUT2D eigenvalue weighted by molar-refractivity contribution is 5.77. The van der Waals surface area contributed by atoms with Crippen LogP contribution in [-0.4, -0.2) is 0 Å². The monoisotopic (exact) mass is 424 g/mol. The molecule has 0 radical (unpaired) electrons. The third-order valence-electron chi connectivity index (χ3n) is 4.06. The first-order valence-corrected chi connectivity index (χ1v) is 11.5. The lowest BCUT2D eigenvalue weighted by Gasteiger charge is -2.05. The summed E-state index contributed by atoms with van der Waals surface area (Å²) >= 11 is 0. The van der Waals surface area contributed by atoms with Crippen molar-refractivity contribution in [3.63, 3.8) is 0 Å². The van der Waals surface area contributed by atoms with Crippen molar-refractivity contribution in [1.82, 2.24) is 0 Å². The Morgan fingerprint density at radius 2 is 1.45 bits per heavy atom. The molecule has 0 amide bonds. The number of hydrogen-bond donors (Lipinski definition) is 0. The standard InChI is InChI=1S/C13H13F.C9H8O.C3H8.2C2H6/c1-9-3-5-11(7-9)12-6-4-10(2)8-13(12)14;1-7-6-8-4-2-3-5-9(8)10-7;1-3-2;2*1-2/h3-6,8H,7H2,1-2H3;2-6H,1H3;3H2,1-2H3;2*1-2H3. The van der Waals surface area contributed by atoms with E-state index in [9.17, 15) is 4.39 Å². The molecule has 1 aromatic heterocycles. The molecule has 0 N–H and O–H groups in total. The molecule has 31 heavy (non-hydrogen) atoms. The van der Waals surface area contributed by atoms with E-state index in [4.69, 9.17) is 4.42 Å². The van der Waals surface area contributed by atoms with Gasteiger partial charge in [-0.1, -0.05) is 96.0 Å². The lowest BCUT2D eigenvalue weighted by atomic mass is 10.0. The number of hydrogen-bond acceptors (Lipinski definition) is 1. The zero-order chi connectivity index (χ0) is 23.8. The van der Waals surface area contributed by atoms with Crippen LogP contribution >= 0.6 is 0 Å². The van der Waals surface area contributed by atoms with Crippen LogP contribution in [0.25, 0.3) is 16.5 Å². The highest BCUT2D eigenvalue weighted by Gasteiger charge is 2.11. The fourth-order valence-corrected chi connectivity index (χ4v) is 2.84. The number of allylic oxidation sites excluding steroid dienone is 4. The number of halogens is 1. The minimum absolute atomic E-state index is 0.112. The summed E-state index contributed by atoms with van der Waals surface area (Å²) in [6, 6.07) is 15.5. The van der Waals surface area contributed by atoms with Gasteiger partial charge in [-0.05, 0) is 56.5 Å². The zero-order valence-electron chi connectivity index (χ0n) is 21.0. The molecule has 2 aromatic carbocycles. The molecule has 0 atom stereocenters. The van der Waals surface area contributed by atoms with Crippen molar-refractivity contribution in [2.45, 2.75) is 75.2 Å².